The van der Waals surface area contributed by atoms with Crippen LogP contribution in [-0.2, 0) is 31.6 Å². The molecule has 2 bridgehead atoms. The van der Waals surface area contributed by atoms with Crippen molar-refractivity contribution in [2.45, 2.75) is 45.2 Å². The molecule has 0 aliphatic carbocycles. The van der Waals surface area contributed by atoms with Gasteiger partial charge in [-0.05, 0) is 43.2 Å². The molecule has 0 saturated carbocycles. The molecule has 3 atom stereocenters. The van der Waals surface area contributed by atoms with E-state index in [4.69, 9.17) is 19.2 Å². The summed E-state index contributed by atoms with van der Waals surface area (Å²) >= 11 is 0. The Morgan fingerprint density at radius 2 is 1.97 bits per heavy atom. The molecule has 2 aromatic heterocycles. The van der Waals surface area contributed by atoms with Crippen LogP contribution in [0.15, 0.2) is 42.5 Å². The number of rotatable bonds is 5. The van der Waals surface area contributed by atoms with Crippen molar-refractivity contribution in [1.29, 1.82) is 0 Å². The molecule has 3 aromatic carbocycles. The fourth-order valence-corrected chi connectivity index (χ4v) is 7.23. The predicted molar refractivity (Wildman–Crippen MR) is 144 cm³/mol. The zero-order valence-corrected chi connectivity index (χ0v) is 21.9. The molecular formula is C30H27N3O6. The number of carbonyl (C=O) groups excluding carboxylic acids is 2. The molecular weight excluding hydrogens is 498 g/mol. The van der Waals surface area contributed by atoms with E-state index in [1.54, 1.807) is 0 Å². The van der Waals surface area contributed by atoms with E-state index in [0.717, 1.165) is 61.3 Å². The number of para-hydroxylation sites is 1. The number of amides is 1. The van der Waals surface area contributed by atoms with E-state index in [9.17, 15) is 9.59 Å². The van der Waals surface area contributed by atoms with Crippen LogP contribution in [0.3, 0.4) is 0 Å². The molecule has 8 rings (SSSR count). The lowest BCUT2D eigenvalue weighted by Gasteiger charge is -2.31. The largest absolute Gasteiger partial charge is 0.494 e. The Morgan fingerprint density at radius 1 is 1.13 bits per heavy atom. The number of nitrogens with one attached hydrogen (secondary N) is 1. The summed E-state index contributed by atoms with van der Waals surface area (Å²) in [5.74, 6) is -0.419. The Morgan fingerprint density at radius 3 is 2.79 bits per heavy atom. The summed E-state index contributed by atoms with van der Waals surface area (Å²) in [5, 5.41) is 6.93. The third-order valence-electron chi connectivity index (χ3n) is 8.69. The first kappa shape index (κ1) is 22.9. The molecule has 3 aliphatic heterocycles. The number of fused-ring (bicyclic) bond motifs is 13. The minimum absolute atomic E-state index is 0.0780. The third kappa shape index (κ3) is 2.71. The number of benzene rings is 3. The van der Waals surface area contributed by atoms with E-state index in [1.165, 1.54) is 7.11 Å². The number of carbonyl (C=O) groups is 2. The van der Waals surface area contributed by atoms with Gasteiger partial charge in [0.1, 0.15) is 17.9 Å². The molecule has 1 N–H and O–H groups in total. The summed E-state index contributed by atoms with van der Waals surface area (Å²) in [5.41, 5.74) is 4.37. The lowest BCUT2D eigenvalue weighted by molar-refractivity contribution is -0.264. The van der Waals surface area contributed by atoms with Crippen LogP contribution in [0.25, 0.3) is 43.6 Å². The molecule has 3 aliphatic rings. The summed E-state index contributed by atoms with van der Waals surface area (Å²) in [7, 11) is 1.33. The molecule has 9 nitrogen and oxygen atoms in total. The zero-order chi connectivity index (χ0) is 26.6. The zero-order valence-electron chi connectivity index (χ0n) is 21.9. The van der Waals surface area contributed by atoms with Gasteiger partial charge >= 0.3 is 5.97 Å². The van der Waals surface area contributed by atoms with Crippen LogP contribution in [0.2, 0.25) is 0 Å². The van der Waals surface area contributed by atoms with Gasteiger partial charge < -0.3 is 23.9 Å². The maximum atomic E-state index is 13.5. The quantitative estimate of drug-likeness (QED) is 0.249. The van der Waals surface area contributed by atoms with Gasteiger partial charge in [0, 0.05) is 34.5 Å². The molecule has 1 amide bonds. The lowest BCUT2D eigenvalue weighted by Crippen LogP contribution is -2.40. The average Bonchev–Trinajstić information content (AvgIpc) is 3.65. The second-order valence-corrected chi connectivity index (χ2v) is 10.7. The second kappa shape index (κ2) is 7.74. The molecule has 5 aromatic rings. The van der Waals surface area contributed by atoms with Crippen molar-refractivity contribution in [1.82, 2.24) is 14.5 Å². The maximum absolute atomic E-state index is 13.5. The van der Waals surface area contributed by atoms with Gasteiger partial charge in [-0.3, -0.25) is 9.68 Å². The Labute approximate surface area is 223 Å². The Kier molecular flexibility index (Phi) is 4.54. The molecule has 198 valence electrons. The van der Waals surface area contributed by atoms with Crippen molar-refractivity contribution in [3.63, 3.8) is 0 Å². The molecule has 39 heavy (non-hydrogen) atoms. The maximum Gasteiger partial charge on any atom is 0.350 e. The molecule has 9 heteroatoms. The van der Waals surface area contributed by atoms with Crippen molar-refractivity contribution < 1.29 is 28.8 Å². The summed E-state index contributed by atoms with van der Waals surface area (Å²) in [4.78, 5) is 36.6. The fourth-order valence-electron chi connectivity index (χ4n) is 7.23. The normalized spacial score (nSPS) is 23.2. The summed E-state index contributed by atoms with van der Waals surface area (Å²) in [6.45, 7) is 5.06. The summed E-state index contributed by atoms with van der Waals surface area (Å²) in [6, 6.07) is 14.1. The van der Waals surface area contributed by atoms with Gasteiger partial charge in [-0.25, -0.2) is 4.79 Å². The van der Waals surface area contributed by atoms with E-state index in [1.807, 2.05) is 43.3 Å². The SMILES string of the molecule is CCCOc1ccc2c(c1)c1c3c(c4c5ccccc5n5c4c1n2C1CC(C(=O)OOC)C5(C)O1)CNC3=O. The van der Waals surface area contributed by atoms with Crippen molar-refractivity contribution >= 4 is 55.5 Å². The number of nitrogens with zero attached hydrogens (tertiary/aromatic N) is 2. The van der Waals surface area contributed by atoms with Crippen molar-refractivity contribution in [3.05, 3.63) is 53.6 Å². The highest BCUT2D eigenvalue weighted by atomic mass is 17.2. The monoisotopic (exact) mass is 525 g/mol. The molecule has 0 radical (unpaired) electrons. The lowest BCUT2D eigenvalue weighted by atomic mass is 9.93. The highest BCUT2D eigenvalue weighted by molar-refractivity contribution is 6.31. The summed E-state index contributed by atoms with van der Waals surface area (Å²) < 4.78 is 17.2. The van der Waals surface area contributed by atoms with E-state index in [-0.39, 0.29) is 5.91 Å². The van der Waals surface area contributed by atoms with Gasteiger partial charge in [-0.2, -0.15) is 4.89 Å². The van der Waals surface area contributed by atoms with Crippen molar-refractivity contribution in [2.75, 3.05) is 13.7 Å². The minimum Gasteiger partial charge on any atom is -0.494 e. The minimum atomic E-state index is -1.05. The Balaban J connectivity index is 1.60. The van der Waals surface area contributed by atoms with Crippen molar-refractivity contribution in [2.24, 2.45) is 5.92 Å². The van der Waals surface area contributed by atoms with Crippen LogP contribution in [-0.4, -0.2) is 34.7 Å². The Hall–Kier alpha value is -4.08. The van der Waals surface area contributed by atoms with Gasteiger partial charge in [-0.1, -0.05) is 25.1 Å². The fraction of sp³-hybridized carbons (Fsp3) is 0.333. The van der Waals surface area contributed by atoms with Crippen LogP contribution < -0.4 is 10.1 Å². The number of aromatic nitrogens is 2. The standard InChI is InChI=1S/C30H27N3O6/c1-4-11-37-15-9-10-20-17(12-15)24-25-18(14-31-28(25)34)23-16-7-5-6-8-21(16)33-27(23)26(24)32(20)22-13-19(29(35)39-36-3)30(33,2)38-22/h5-10,12,19,22H,4,11,13-14H2,1-3H3,(H,31,34). The highest BCUT2D eigenvalue weighted by Crippen LogP contribution is 2.56. The van der Waals surface area contributed by atoms with Crippen molar-refractivity contribution in [3.8, 4) is 5.75 Å². The van der Waals surface area contributed by atoms with Crippen LogP contribution in [0, 0.1) is 5.92 Å². The van der Waals surface area contributed by atoms with Gasteiger partial charge in [-0.15, -0.1) is 0 Å². The van der Waals surface area contributed by atoms with Gasteiger partial charge in [0.2, 0.25) is 0 Å². The third-order valence-corrected chi connectivity index (χ3v) is 8.69. The topological polar surface area (TPSA) is 93.0 Å². The smallest absolute Gasteiger partial charge is 0.350 e. The average molecular weight is 526 g/mol. The van der Waals surface area contributed by atoms with E-state index >= 15 is 0 Å². The van der Waals surface area contributed by atoms with Gasteiger partial charge in [0.05, 0.1) is 41.3 Å². The highest BCUT2D eigenvalue weighted by Gasteiger charge is 2.56. The number of ether oxygens (including phenoxy) is 2. The van der Waals surface area contributed by atoms with E-state index in [0.29, 0.717) is 25.1 Å². The first-order valence-electron chi connectivity index (χ1n) is 13.4. The summed E-state index contributed by atoms with van der Waals surface area (Å²) in [6.07, 6.45) is 0.824. The molecule has 3 unspecified atom stereocenters. The molecule has 0 spiro atoms. The van der Waals surface area contributed by atoms with Gasteiger partial charge in [0.25, 0.3) is 5.91 Å². The van der Waals surface area contributed by atoms with Crippen LogP contribution in [0.5, 0.6) is 5.75 Å². The second-order valence-electron chi connectivity index (χ2n) is 10.7. The number of hydrogen-bond donors (Lipinski definition) is 1. The van der Waals surface area contributed by atoms with Crippen LogP contribution in [0.1, 0.15) is 48.8 Å². The predicted octanol–water partition coefficient (Wildman–Crippen LogP) is 5.26. The van der Waals surface area contributed by atoms with Gasteiger partial charge in [0.15, 0.2) is 5.72 Å². The Bertz CT molecular complexity index is 1900. The van der Waals surface area contributed by atoms with Crippen LogP contribution >= 0.6 is 0 Å². The molecule has 1 fully saturated rings. The molecule has 5 heterocycles. The molecule has 1 saturated heterocycles. The van der Waals surface area contributed by atoms with Crippen LogP contribution in [0.4, 0.5) is 0 Å². The first-order chi connectivity index (χ1) is 19.0. The van der Waals surface area contributed by atoms with E-state index in [2.05, 4.69) is 27.4 Å². The first-order valence-corrected chi connectivity index (χ1v) is 13.4. The number of hydrogen-bond acceptors (Lipinski definition) is 6. The van der Waals surface area contributed by atoms with E-state index < -0.39 is 23.8 Å².